The van der Waals surface area contributed by atoms with E-state index in [0.717, 1.165) is 13.2 Å². The van der Waals surface area contributed by atoms with Crippen molar-refractivity contribution in [2.45, 2.75) is 61.3 Å². The maximum Gasteiger partial charge on any atom is 0.291 e. The molecule has 2 heterocycles. The normalized spacial score (nSPS) is 35.2. The molecule has 2 atom stereocenters. The molecule has 2 saturated heterocycles. The van der Waals surface area contributed by atoms with Gasteiger partial charge < -0.3 is 9.47 Å². The largest absolute Gasteiger partial charge is 0.388 e. The minimum Gasteiger partial charge on any atom is -0.388 e. The summed E-state index contributed by atoms with van der Waals surface area (Å²) in [6.07, 6.45) is 8.16. The summed E-state index contributed by atoms with van der Waals surface area (Å²) in [4.78, 5) is 0. The fourth-order valence-corrected chi connectivity index (χ4v) is 5.34. The van der Waals surface area contributed by atoms with Crippen molar-refractivity contribution in [1.29, 1.82) is 0 Å². The molecule has 2 unspecified atom stereocenters. The van der Waals surface area contributed by atoms with Crippen LogP contribution >= 0.6 is 0 Å². The molecule has 0 aromatic rings. The van der Waals surface area contributed by atoms with E-state index in [9.17, 15) is 0 Å². The fraction of sp³-hybridized carbons (Fsp3) is 1.00. The van der Waals surface area contributed by atoms with E-state index >= 15 is 0 Å². The molecule has 0 amide bonds. The van der Waals surface area contributed by atoms with Crippen LogP contribution in [-0.2, 0) is 9.47 Å². The van der Waals surface area contributed by atoms with Gasteiger partial charge in [-0.1, -0.05) is 12.2 Å². The van der Waals surface area contributed by atoms with E-state index in [1.165, 1.54) is 43.8 Å². The van der Waals surface area contributed by atoms with Crippen LogP contribution in [0.25, 0.3) is 0 Å². The molecule has 2 aliphatic rings. The molecule has 16 heavy (non-hydrogen) atoms. The molecule has 0 bridgehead atoms. The van der Waals surface area contributed by atoms with Crippen molar-refractivity contribution in [3.63, 3.8) is 0 Å². The number of ether oxygens (including phenoxy) is 2. The van der Waals surface area contributed by atoms with Crippen LogP contribution in [0, 0.1) is 0 Å². The van der Waals surface area contributed by atoms with Gasteiger partial charge in [0.05, 0.1) is 6.10 Å². The van der Waals surface area contributed by atoms with E-state index in [4.69, 9.17) is 9.47 Å². The van der Waals surface area contributed by atoms with Crippen LogP contribution in [-0.4, -0.2) is 56.4 Å². The van der Waals surface area contributed by atoms with Crippen LogP contribution in [0.1, 0.15) is 45.4 Å². The van der Waals surface area contributed by atoms with Gasteiger partial charge in [-0.15, -0.1) is 0 Å². The molecule has 4 heteroatoms. The molecule has 2 aliphatic heterocycles. The molecule has 0 radical (unpaired) electrons. The third-order valence-corrected chi connectivity index (χ3v) is 6.18. The first-order valence-corrected chi connectivity index (χ1v) is 8.34. The third kappa shape index (κ3) is 3.49. The highest BCUT2D eigenvalue weighted by molar-refractivity contribution is 6.39. The van der Waals surface area contributed by atoms with Crippen LogP contribution in [0.4, 0.5) is 0 Å². The Bertz CT molecular complexity index is 182. The molecule has 0 spiro atoms. The Morgan fingerprint density at radius 3 is 2.56 bits per heavy atom. The minimum absolute atomic E-state index is 0. The van der Waals surface area contributed by atoms with Crippen LogP contribution in [0.2, 0.25) is 5.28 Å². The lowest BCUT2D eigenvalue weighted by Crippen LogP contribution is -2.54. The maximum atomic E-state index is 6.18. The third-order valence-electron chi connectivity index (χ3n) is 3.82. The van der Waals surface area contributed by atoms with Gasteiger partial charge in [0.15, 0.2) is 17.4 Å². The summed E-state index contributed by atoms with van der Waals surface area (Å²) in [5.74, 6) is 0. The first kappa shape index (κ1) is 15.0. The maximum absolute atomic E-state index is 6.18. The molecule has 2 rings (SSSR count). The second-order valence-electron chi connectivity index (χ2n) is 4.98. The van der Waals surface area contributed by atoms with Crippen molar-refractivity contribution in [3.05, 3.63) is 0 Å². The molecule has 2 fully saturated rings. The molecule has 92 valence electrons. The summed E-state index contributed by atoms with van der Waals surface area (Å²) in [6, 6.07) is 0. The zero-order chi connectivity index (χ0) is 10.6. The van der Waals surface area contributed by atoms with Crippen LogP contribution in [0.5, 0.6) is 0 Å². The lowest BCUT2D eigenvalue weighted by molar-refractivity contribution is -0.135. The van der Waals surface area contributed by atoms with Crippen molar-refractivity contribution in [2.24, 2.45) is 0 Å². The van der Waals surface area contributed by atoms with Gasteiger partial charge >= 0.3 is 0 Å². The van der Waals surface area contributed by atoms with Crippen molar-refractivity contribution in [1.82, 2.24) is 0 Å². The predicted octanol–water partition coefficient (Wildman–Crippen LogP) is 1.14. The van der Waals surface area contributed by atoms with E-state index < -0.39 is 0 Å². The fourth-order valence-electron chi connectivity index (χ4n) is 3.06. The first-order chi connectivity index (χ1) is 7.37. The molecule has 0 aliphatic carbocycles. The molecular formula is C12H26Al2O2. The Kier molecular flexibility index (Phi) is 6.98. The Balaban J connectivity index is 0.00000128. The van der Waals surface area contributed by atoms with Gasteiger partial charge in [0.25, 0.3) is 15.2 Å². The van der Waals surface area contributed by atoms with Crippen molar-refractivity contribution in [3.8, 4) is 0 Å². The molecule has 0 saturated carbocycles. The molecule has 2 nitrogen and oxygen atoms in total. The van der Waals surface area contributed by atoms with Crippen LogP contribution in [0.15, 0.2) is 0 Å². The smallest absolute Gasteiger partial charge is 0.291 e. The van der Waals surface area contributed by atoms with Gasteiger partial charge in [-0.05, 0) is 38.5 Å². The Morgan fingerprint density at radius 2 is 2.00 bits per heavy atom. The highest BCUT2D eigenvalue weighted by Gasteiger charge is 2.42. The van der Waals surface area contributed by atoms with E-state index in [-0.39, 0.29) is 37.0 Å². The van der Waals surface area contributed by atoms with Gasteiger partial charge in [0.1, 0.15) is 0 Å². The zero-order valence-corrected chi connectivity index (χ0v) is 11.4. The lowest BCUT2D eigenvalue weighted by atomic mass is 9.97. The summed E-state index contributed by atoms with van der Waals surface area (Å²) in [5, 5.41) is 1.35. The summed E-state index contributed by atoms with van der Waals surface area (Å²) >= 11 is -0.123. The van der Waals surface area contributed by atoms with Gasteiger partial charge in [-0.2, -0.15) is 0 Å². The number of hydrogen-bond donors (Lipinski definition) is 0. The van der Waals surface area contributed by atoms with E-state index in [1.54, 1.807) is 0 Å². The predicted molar refractivity (Wildman–Crippen MR) is 73.7 cm³/mol. The first-order valence-electron chi connectivity index (χ1n) is 6.63. The summed E-state index contributed by atoms with van der Waals surface area (Å²) in [6.45, 7) is 4.26. The number of hydrogen-bond acceptors (Lipinski definition) is 2. The summed E-state index contributed by atoms with van der Waals surface area (Å²) in [5.41, 5.74) is 0. The Labute approximate surface area is 116 Å². The van der Waals surface area contributed by atoms with E-state index in [1.807, 2.05) is 0 Å². The van der Waals surface area contributed by atoms with Gasteiger partial charge in [0.2, 0.25) is 0 Å². The van der Waals surface area contributed by atoms with Gasteiger partial charge in [0, 0.05) is 17.7 Å². The van der Waals surface area contributed by atoms with Crippen LogP contribution < -0.4 is 0 Å². The minimum atomic E-state index is -0.123. The second kappa shape index (κ2) is 7.43. The van der Waals surface area contributed by atoms with Gasteiger partial charge in [-0.3, -0.25) is 0 Å². The quantitative estimate of drug-likeness (QED) is 0.705. The summed E-state index contributed by atoms with van der Waals surface area (Å²) in [7, 11) is 0. The highest BCUT2D eigenvalue weighted by Crippen LogP contribution is 2.34. The van der Waals surface area contributed by atoms with Gasteiger partial charge in [-0.25, -0.2) is 0 Å². The highest BCUT2D eigenvalue weighted by atomic mass is 27.1. The monoisotopic (exact) mass is 256 g/mol. The topological polar surface area (TPSA) is 18.5 Å². The second-order valence-corrected chi connectivity index (χ2v) is 7.67. The van der Waals surface area contributed by atoms with E-state index in [0.29, 0.717) is 6.10 Å². The molecule has 0 N–H and O–H groups in total. The van der Waals surface area contributed by atoms with Crippen LogP contribution in [0.3, 0.4) is 0 Å². The van der Waals surface area contributed by atoms with Crippen molar-refractivity contribution < 1.29 is 9.47 Å². The Hall–Kier alpha value is 0.985. The standard InChI is InChI=1S/C10H17O2.C2H5.2Al.4H/c1-3-7-11-9(5-1)10-6-2-4-8-12-10;1-2;;;;;;/h9H,1-8H2;1H2,2H3;;;;;;. The molecule has 0 aromatic heterocycles. The molecular weight excluding hydrogens is 230 g/mol. The average Bonchev–Trinajstić information content (AvgIpc) is 2.32. The average molecular weight is 256 g/mol. The van der Waals surface area contributed by atoms with E-state index in [2.05, 4.69) is 6.92 Å². The zero-order valence-electron chi connectivity index (χ0n) is 9.96. The van der Waals surface area contributed by atoms with Crippen molar-refractivity contribution >= 4 is 32.6 Å². The lowest BCUT2D eigenvalue weighted by Gasteiger charge is -2.44. The van der Waals surface area contributed by atoms with Crippen molar-refractivity contribution in [2.75, 3.05) is 13.2 Å². The summed E-state index contributed by atoms with van der Waals surface area (Å²) < 4.78 is 12.4. The number of rotatable bonds is 3. The Morgan fingerprint density at radius 1 is 1.19 bits per heavy atom. The molecule has 0 aromatic carbocycles. The SMILES string of the molecule is C[CH2][AlH][C]1(C2CCCCO2)CCCCO1.[AlH3].